The molecule has 0 heterocycles. The summed E-state index contributed by atoms with van der Waals surface area (Å²) in [5, 5.41) is 14.3. The van der Waals surface area contributed by atoms with Gasteiger partial charge in [-0.3, -0.25) is 0 Å². The van der Waals surface area contributed by atoms with Crippen LogP contribution in [0.1, 0.15) is 24.3 Å². The number of rotatable bonds is 2. The summed E-state index contributed by atoms with van der Waals surface area (Å²) in [6.45, 7) is 0. The number of primary sulfonamides is 1. The first-order valence-electron chi connectivity index (χ1n) is 4.78. The molecule has 0 aromatic heterocycles. The van der Waals surface area contributed by atoms with Gasteiger partial charge in [0.25, 0.3) is 0 Å². The average Bonchev–Trinajstić information content (AvgIpc) is 2.12. The lowest BCUT2D eigenvalue weighted by atomic mass is 9.78. The van der Waals surface area contributed by atoms with Crippen LogP contribution in [-0.2, 0) is 10.0 Å². The van der Waals surface area contributed by atoms with Crippen molar-refractivity contribution >= 4 is 10.0 Å². The molecule has 0 unspecified atom stereocenters. The van der Waals surface area contributed by atoms with Crippen LogP contribution in [0.4, 0.5) is 0 Å². The Balaban J connectivity index is 2.39. The minimum Gasteiger partial charge on any atom is -0.393 e. The van der Waals surface area contributed by atoms with Gasteiger partial charge in [-0.25, -0.2) is 13.6 Å². The second-order valence-electron chi connectivity index (χ2n) is 3.90. The summed E-state index contributed by atoms with van der Waals surface area (Å²) in [7, 11) is -3.65. The maximum absolute atomic E-state index is 11.3. The standard InChI is InChI=1S/C10H13NO3S/c11-15(13,14)10-4-2-1-3-9(10)7-5-8(12)6-7/h1-4,7-8,12H,5-6H2,(H2,11,13,14). The van der Waals surface area contributed by atoms with Crippen molar-refractivity contribution in [2.75, 3.05) is 0 Å². The summed E-state index contributed by atoms with van der Waals surface area (Å²) >= 11 is 0. The molecule has 2 rings (SSSR count). The zero-order valence-corrected chi connectivity index (χ0v) is 8.94. The van der Waals surface area contributed by atoms with Gasteiger partial charge in [0.1, 0.15) is 0 Å². The van der Waals surface area contributed by atoms with E-state index in [0.717, 1.165) is 5.56 Å². The van der Waals surface area contributed by atoms with Crippen LogP contribution in [0.3, 0.4) is 0 Å². The molecule has 1 aliphatic rings. The number of aliphatic hydroxyl groups excluding tert-OH is 1. The molecule has 0 saturated heterocycles. The van der Waals surface area contributed by atoms with E-state index in [2.05, 4.69) is 0 Å². The molecule has 0 atom stereocenters. The van der Waals surface area contributed by atoms with Gasteiger partial charge in [-0.2, -0.15) is 0 Å². The van der Waals surface area contributed by atoms with Crippen LogP contribution in [0.5, 0.6) is 0 Å². The molecule has 15 heavy (non-hydrogen) atoms. The molecule has 0 radical (unpaired) electrons. The molecule has 0 amide bonds. The molecule has 0 bridgehead atoms. The van der Waals surface area contributed by atoms with E-state index in [1.54, 1.807) is 18.2 Å². The fourth-order valence-electron chi connectivity index (χ4n) is 1.92. The van der Waals surface area contributed by atoms with Crippen molar-refractivity contribution in [3.05, 3.63) is 29.8 Å². The Bertz CT molecular complexity index is 463. The number of aliphatic hydroxyl groups is 1. The van der Waals surface area contributed by atoms with E-state index in [0.29, 0.717) is 12.8 Å². The van der Waals surface area contributed by atoms with Gasteiger partial charge in [0.2, 0.25) is 10.0 Å². The van der Waals surface area contributed by atoms with E-state index in [1.165, 1.54) is 6.07 Å². The molecule has 0 aliphatic heterocycles. The fraction of sp³-hybridized carbons (Fsp3) is 0.400. The maximum Gasteiger partial charge on any atom is 0.238 e. The zero-order valence-electron chi connectivity index (χ0n) is 8.13. The minimum atomic E-state index is -3.65. The highest BCUT2D eigenvalue weighted by molar-refractivity contribution is 7.89. The van der Waals surface area contributed by atoms with Crippen LogP contribution in [0.2, 0.25) is 0 Å². The predicted octanol–water partition coefficient (Wildman–Crippen LogP) is 0.572. The van der Waals surface area contributed by atoms with Gasteiger partial charge in [-0.1, -0.05) is 18.2 Å². The molecule has 5 heteroatoms. The highest BCUT2D eigenvalue weighted by Gasteiger charge is 2.31. The summed E-state index contributed by atoms with van der Waals surface area (Å²) in [6, 6.07) is 6.71. The Morgan fingerprint density at radius 2 is 1.87 bits per heavy atom. The fourth-order valence-corrected chi connectivity index (χ4v) is 2.75. The van der Waals surface area contributed by atoms with Crippen molar-refractivity contribution in [3.63, 3.8) is 0 Å². The first-order valence-corrected chi connectivity index (χ1v) is 6.33. The topological polar surface area (TPSA) is 80.4 Å². The third-order valence-electron chi connectivity index (χ3n) is 2.78. The molecule has 1 aliphatic carbocycles. The number of sulfonamides is 1. The van der Waals surface area contributed by atoms with Crippen LogP contribution in [0.15, 0.2) is 29.2 Å². The van der Waals surface area contributed by atoms with E-state index >= 15 is 0 Å². The van der Waals surface area contributed by atoms with E-state index in [1.807, 2.05) is 0 Å². The predicted molar refractivity (Wildman–Crippen MR) is 55.8 cm³/mol. The molecule has 3 N–H and O–H groups in total. The van der Waals surface area contributed by atoms with E-state index in [9.17, 15) is 13.5 Å². The number of nitrogens with two attached hydrogens (primary N) is 1. The van der Waals surface area contributed by atoms with E-state index < -0.39 is 10.0 Å². The summed E-state index contributed by atoms with van der Waals surface area (Å²) in [5.74, 6) is 0.120. The van der Waals surface area contributed by atoms with Gasteiger partial charge in [-0.05, 0) is 30.4 Å². The van der Waals surface area contributed by atoms with Crippen LogP contribution < -0.4 is 5.14 Å². The molecule has 82 valence electrons. The van der Waals surface area contributed by atoms with Crippen molar-refractivity contribution in [1.29, 1.82) is 0 Å². The molecular weight excluding hydrogens is 214 g/mol. The highest BCUT2D eigenvalue weighted by Crippen LogP contribution is 2.39. The Morgan fingerprint density at radius 3 is 2.40 bits per heavy atom. The normalized spacial score (nSPS) is 26.0. The summed E-state index contributed by atoms with van der Waals surface area (Å²) in [6.07, 6.45) is 0.933. The van der Waals surface area contributed by atoms with Gasteiger partial charge in [-0.15, -0.1) is 0 Å². The number of hydrogen-bond donors (Lipinski definition) is 2. The molecular formula is C10H13NO3S. The van der Waals surface area contributed by atoms with Crippen LogP contribution in [-0.4, -0.2) is 19.6 Å². The Morgan fingerprint density at radius 1 is 1.27 bits per heavy atom. The van der Waals surface area contributed by atoms with Crippen LogP contribution in [0.25, 0.3) is 0 Å². The lowest BCUT2D eigenvalue weighted by Gasteiger charge is -2.32. The first kappa shape index (κ1) is 10.6. The second kappa shape index (κ2) is 3.59. The smallest absolute Gasteiger partial charge is 0.238 e. The van der Waals surface area contributed by atoms with Crippen LogP contribution >= 0.6 is 0 Å². The SMILES string of the molecule is NS(=O)(=O)c1ccccc1C1CC(O)C1. The lowest BCUT2D eigenvalue weighted by molar-refractivity contribution is 0.0737. The highest BCUT2D eigenvalue weighted by atomic mass is 32.2. The van der Waals surface area contributed by atoms with Crippen molar-refractivity contribution in [1.82, 2.24) is 0 Å². The van der Waals surface area contributed by atoms with Crippen molar-refractivity contribution in [3.8, 4) is 0 Å². The second-order valence-corrected chi connectivity index (χ2v) is 5.43. The summed E-state index contributed by atoms with van der Waals surface area (Å²) in [5.41, 5.74) is 0.727. The molecule has 1 fully saturated rings. The van der Waals surface area contributed by atoms with Crippen molar-refractivity contribution < 1.29 is 13.5 Å². The van der Waals surface area contributed by atoms with Gasteiger partial charge in [0, 0.05) is 0 Å². The molecule has 1 aromatic carbocycles. The maximum atomic E-state index is 11.3. The van der Waals surface area contributed by atoms with Crippen molar-refractivity contribution in [2.45, 2.75) is 29.8 Å². The third-order valence-corrected chi connectivity index (χ3v) is 3.76. The molecule has 1 aromatic rings. The Kier molecular flexibility index (Phi) is 2.54. The quantitative estimate of drug-likeness (QED) is 0.775. The van der Waals surface area contributed by atoms with Gasteiger partial charge in [0.15, 0.2) is 0 Å². The number of benzene rings is 1. The Labute approximate surface area is 88.8 Å². The van der Waals surface area contributed by atoms with E-state index in [-0.39, 0.29) is 16.9 Å². The monoisotopic (exact) mass is 227 g/mol. The third kappa shape index (κ3) is 2.04. The van der Waals surface area contributed by atoms with E-state index in [4.69, 9.17) is 5.14 Å². The zero-order chi connectivity index (χ0) is 11.1. The minimum absolute atomic E-state index is 0.120. The van der Waals surface area contributed by atoms with Gasteiger partial charge < -0.3 is 5.11 Å². The number of hydrogen-bond acceptors (Lipinski definition) is 3. The largest absolute Gasteiger partial charge is 0.393 e. The molecule has 0 spiro atoms. The lowest BCUT2D eigenvalue weighted by Crippen LogP contribution is -2.28. The first-order chi connectivity index (χ1) is 6.98. The molecule has 4 nitrogen and oxygen atoms in total. The van der Waals surface area contributed by atoms with Crippen LogP contribution in [0, 0.1) is 0 Å². The van der Waals surface area contributed by atoms with Gasteiger partial charge >= 0.3 is 0 Å². The summed E-state index contributed by atoms with van der Waals surface area (Å²) < 4.78 is 22.6. The average molecular weight is 227 g/mol. The van der Waals surface area contributed by atoms with Crippen molar-refractivity contribution in [2.24, 2.45) is 5.14 Å². The summed E-state index contributed by atoms with van der Waals surface area (Å²) in [4.78, 5) is 0.182. The van der Waals surface area contributed by atoms with Gasteiger partial charge in [0.05, 0.1) is 11.0 Å². The Hall–Kier alpha value is -0.910. The molecule has 1 saturated carbocycles.